The number of ether oxygens (including phenoxy) is 1. The van der Waals surface area contributed by atoms with E-state index in [9.17, 15) is 4.79 Å². The van der Waals surface area contributed by atoms with E-state index in [2.05, 4.69) is 22.8 Å². The lowest BCUT2D eigenvalue weighted by molar-refractivity contribution is -0.120. The van der Waals surface area contributed by atoms with Crippen molar-refractivity contribution in [2.45, 2.75) is 44.6 Å². The predicted molar refractivity (Wildman–Crippen MR) is 106 cm³/mol. The first-order valence-corrected chi connectivity index (χ1v) is 9.59. The van der Waals surface area contributed by atoms with Gasteiger partial charge in [-0.05, 0) is 42.7 Å². The number of anilines is 1. The van der Waals surface area contributed by atoms with Crippen molar-refractivity contribution in [3.05, 3.63) is 60.2 Å². The van der Waals surface area contributed by atoms with E-state index >= 15 is 0 Å². The number of benzene rings is 2. The van der Waals surface area contributed by atoms with Crippen LogP contribution < -0.4 is 15.4 Å². The maximum absolute atomic E-state index is 12.0. The van der Waals surface area contributed by atoms with Gasteiger partial charge in [0.05, 0.1) is 13.2 Å². The van der Waals surface area contributed by atoms with Crippen molar-refractivity contribution < 1.29 is 9.53 Å². The van der Waals surface area contributed by atoms with Crippen LogP contribution in [0, 0.1) is 0 Å². The van der Waals surface area contributed by atoms with Crippen molar-refractivity contribution in [2.75, 3.05) is 18.5 Å². The second-order valence-electron chi connectivity index (χ2n) is 6.86. The molecule has 4 nitrogen and oxygen atoms in total. The summed E-state index contributed by atoms with van der Waals surface area (Å²) in [6.07, 6.45) is 6.86. The molecule has 3 rings (SSSR count). The second kappa shape index (κ2) is 9.85. The topological polar surface area (TPSA) is 50.4 Å². The second-order valence-corrected chi connectivity index (χ2v) is 6.86. The smallest absolute Gasteiger partial charge is 0.239 e. The number of rotatable bonds is 8. The summed E-state index contributed by atoms with van der Waals surface area (Å²) in [4.78, 5) is 12.0. The van der Waals surface area contributed by atoms with E-state index < -0.39 is 0 Å². The molecule has 0 bridgehead atoms. The minimum atomic E-state index is 0.0695. The summed E-state index contributed by atoms with van der Waals surface area (Å²) >= 11 is 0. The van der Waals surface area contributed by atoms with E-state index in [0.29, 0.717) is 19.2 Å². The first kappa shape index (κ1) is 18.3. The van der Waals surface area contributed by atoms with Crippen molar-refractivity contribution in [2.24, 2.45) is 0 Å². The van der Waals surface area contributed by atoms with Crippen LogP contribution in [0.25, 0.3) is 0 Å². The van der Waals surface area contributed by atoms with Gasteiger partial charge in [-0.15, -0.1) is 0 Å². The van der Waals surface area contributed by atoms with Gasteiger partial charge in [0.1, 0.15) is 5.75 Å². The van der Waals surface area contributed by atoms with Crippen LogP contribution in [0.4, 0.5) is 5.69 Å². The molecule has 0 spiro atoms. The first-order valence-electron chi connectivity index (χ1n) is 9.59. The fraction of sp³-hybridized carbons (Fsp3) is 0.409. The Balaban J connectivity index is 1.36. The van der Waals surface area contributed by atoms with Crippen LogP contribution in [-0.2, 0) is 11.2 Å². The molecule has 0 radical (unpaired) electrons. The maximum Gasteiger partial charge on any atom is 0.239 e. The molecule has 2 N–H and O–H groups in total. The molecule has 2 aromatic rings. The number of carbonyl (C=O) groups excluding carboxylic acids is 1. The number of hydrogen-bond acceptors (Lipinski definition) is 3. The largest absolute Gasteiger partial charge is 0.493 e. The number of carbonyl (C=O) groups is 1. The normalized spacial score (nSPS) is 14.6. The minimum absolute atomic E-state index is 0.0695. The molecule has 26 heavy (non-hydrogen) atoms. The fourth-order valence-electron chi connectivity index (χ4n) is 3.31. The Kier molecular flexibility index (Phi) is 6.94. The van der Waals surface area contributed by atoms with Gasteiger partial charge in [-0.1, -0.05) is 49.6 Å². The average Bonchev–Trinajstić information content (AvgIpc) is 2.69. The molecule has 0 unspecified atom stereocenters. The average molecular weight is 352 g/mol. The highest BCUT2D eigenvalue weighted by Crippen LogP contribution is 2.18. The van der Waals surface area contributed by atoms with Crippen LogP contribution in [0.15, 0.2) is 54.6 Å². The van der Waals surface area contributed by atoms with E-state index in [0.717, 1.165) is 30.7 Å². The summed E-state index contributed by atoms with van der Waals surface area (Å²) < 4.78 is 5.78. The van der Waals surface area contributed by atoms with Crippen molar-refractivity contribution in [3.63, 3.8) is 0 Å². The molecule has 0 aliphatic heterocycles. The van der Waals surface area contributed by atoms with E-state index in [1.165, 1.54) is 24.8 Å². The summed E-state index contributed by atoms with van der Waals surface area (Å²) in [6, 6.07) is 18.4. The Morgan fingerprint density at radius 2 is 1.69 bits per heavy atom. The summed E-state index contributed by atoms with van der Waals surface area (Å²) in [6.45, 7) is 0.964. The quantitative estimate of drug-likeness (QED) is 0.750. The Morgan fingerprint density at radius 3 is 2.42 bits per heavy atom. The van der Waals surface area contributed by atoms with Crippen LogP contribution in [0.2, 0.25) is 0 Å². The lowest BCUT2D eigenvalue weighted by atomic mass is 9.95. The fourth-order valence-corrected chi connectivity index (χ4v) is 3.31. The Labute approximate surface area is 156 Å². The number of amides is 1. The van der Waals surface area contributed by atoms with Gasteiger partial charge in [-0.25, -0.2) is 0 Å². The van der Waals surface area contributed by atoms with Crippen LogP contribution in [0.5, 0.6) is 5.75 Å². The maximum atomic E-state index is 12.0. The van der Waals surface area contributed by atoms with Gasteiger partial charge in [0, 0.05) is 18.2 Å². The zero-order valence-corrected chi connectivity index (χ0v) is 15.2. The van der Waals surface area contributed by atoms with Crippen LogP contribution >= 0.6 is 0 Å². The molecule has 0 saturated heterocycles. The third-order valence-corrected chi connectivity index (χ3v) is 4.78. The molecule has 0 aromatic heterocycles. The number of hydrogen-bond donors (Lipinski definition) is 2. The summed E-state index contributed by atoms with van der Waals surface area (Å²) in [7, 11) is 0. The third-order valence-electron chi connectivity index (χ3n) is 4.78. The van der Waals surface area contributed by atoms with Crippen molar-refractivity contribution in [3.8, 4) is 5.75 Å². The summed E-state index contributed by atoms with van der Waals surface area (Å²) in [5.74, 6) is 0.915. The molecule has 1 aliphatic rings. The molecule has 0 heterocycles. The molecule has 1 fully saturated rings. The molecule has 4 heteroatoms. The highest BCUT2D eigenvalue weighted by Gasteiger charge is 2.15. The van der Waals surface area contributed by atoms with Crippen molar-refractivity contribution in [1.82, 2.24) is 5.32 Å². The molecular weight excluding hydrogens is 324 g/mol. The van der Waals surface area contributed by atoms with Gasteiger partial charge in [0.25, 0.3) is 0 Å². The lowest BCUT2D eigenvalue weighted by Crippen LogP contribution is -2.39. The van der Waals surface area contributed by atoms with Crippen molar-refractivity contribution >= 4 is 11.6 Å². The molecule has 1 saturated carbocycles. The summed E-state index contributed by atoms with van der Waals surface area (Å²) in [5, 5.41) is 6.29. The van der Waals surface area contributed by atoms with Crippen molar-refractivity contribution in [1.29, 1.82) is 0 Å². The molecular formula is C22H28N2O2. The highest BCUT2D eigenvalue weighted by atomic mass is 16.5. The lowest BCUT2D eigenvalue weighted by Gasteiger charge is -2.22. The number of nitrogens with one attached hydrogen (secondary N) is 2. The zero-order valence-electron chi connectivity index (χ0n) is 15.2. The van der Waals surface area contributed by atoms with Crippen LogP contribution in [0.1, 0.15) is 37.7 Å². The van der Waals surface area contributed by atoms with E-state index in [4.69, 9.17) is 4.74 Å². The van der Waals surface area contributed by atoms with Gasteiger partial charge in [0.2, 0.25) is 5.91 Å². The van der Waals surface area contributed by atoms with E-state index in [1.807, 2.05) is 42.5 Å². The SMILES string of the molecule is O=C(CNc1ccc(OCCc2ccccc2)cc1)NC1CCCCC1. The van der Waals surface area contributed by atoms with E-state index in [-0.39, 0.29) is 5.91 Å². The third kappa shape index (κ3) is 6.10. The van der Waals surface area contributed by atoms with Gasteiger partial charge in [0.15, 0.2) is 0 Å². The van der Waals surface area contributed by atoms with Gasteiger partial charge >= 0.3 is 0 Å². The summed E-state index contributed by atoms with van der Waals surface area (Å²) in [5.41, 5.74) is 2.20. The van der Waals surface area contributed by atoms with Crippen LogP contribution in [0.3, 0.4) is 0 Å². The highest BCUT2D eigenvalue weighted by molar-refractivity contribution is 5.81. The minimum Gasteiger partial charge on any atom is -0.493 e. The monoisotopic (exact) mass is 352 g/mol. The Morgan fingerprint density at radius 1 is 0.962 bits per heavy atom. The van der Waals surface area contributed by atoms with Crippen LogP contribution in [-0.4, -0.2) is 25.1 Å². The van der Waals surface area contributed by atoms with Gasteiger partial charge in [-0.2, -0.15) is 0 Å². The standard InChI is InChI=1S/C22H28N2O2/c25-22(24-20-9-5-2-6-10-20)17-23-19-11-13-21(14-12-19)26-16-15-18-7-3-1-4-8-18/h1,3-4,7-8,11-14,20,23H,2,5-6,9-10,15-17H2,(H,24,25). The molecule has 138 valence electrons. The predicted octanol–water partition coefficient (Wildman–Crippen LogP) is 4.17. The van der Waals surface area contributed by atoms with Gasteiger partial charge in [-0.3, -0.25) is 4.79 Å². The molecule has 0 atom stereocenters. The molecule has 2 aromatic carbocycles. The Hall–Kier alpha value is -2.49. The van der Waals surface area contributed by atoms with E-state index in [1.54, 1.807) is 0 Å². The Bertz CT molecular complexity index is 664. The zero-order chi connectivity index (χ0) is 18.0. The van der Waals surface area contributed by atoms with Gasteiger partial charge < -0.3 is 15.4 Å². The molecule has 1 amide bonds. The first-order chi connectivity index (χ1) is 12.8. The molecule has 1 aliphatic carbocycles.